The summed E-state index contributed by atoms with van der Waals surface area (Å²) in [6, 6.07) is 9.96. The smallest absolute Gasteiger partial charge is 0.306 e. The Bertz CT molecular complexity index is 1360. The van der Waals surface area contributed by atoms with E-state index in [2.05, 4.69) is 29.1 Å². The Morgan fingerprint density at radius 1 is 0.731 bits per heavy atom. The molecule has 3 aliphatic rings. The van der Waals surface area contributed by atoms with Crippen molar-refractivity contribution in [2.45, 2.75) is 76.5 Å². The normalized spacial score (nSPS) is 17.4. The number of methoxy groups -OCH3 is 5. The Morgan fingerprint density at radius 2 is 1.37 bits per heavy atom. The van der Waals surface area contributed by atoms with Gasteiger partial charge in [0.05, 0.1) is 54.7 Å². The van der Waals surface area contributed by atoms with Crippen LogP contribution in [0.4, 0.5) is 0 Å². The highest BCUT2D eigenvalue weighted by Crippen LogP contribution is 2.38. The van der Waals surface area contributed by atoms with E-state index in [1.165, 1.54) is 37.7 Å². The Labute approximate surface area is 310 Å². The minimum atomic E-state index is -0.289. The van der Waals surface area contributed by atoms with Crippen LogP contribution in [0.15, 0.2) is 30.3 Å². The van der Waals surface area contributed by atoms with Gasteiger partial charge >= 0.3 is 5.97 Å². The van der Waals surface area contributed by atoms with Crippen LogP contribution in [-0.2, 0) is 32.0 Å². The number of hydrogen-bond donors (Lipinski definition) is 1. The van der Waals surface area contributed by atoms with Crippen molar-refractivity contribution >= 4 is 11.9 Å². The molecule has 1 saturated carbocycles. The summed E-state index contributed by atoms with van der Waals surface area (Å²) in [5.74, 6) is 3.12. The molecule has 3 fully saturated rings. The Kier molecular flexibility index (Phi) is 19.0. The average Bonchev–Trinajstić information content (AvgIpc) is 3.71. The summed E-state index contributed by atoms with van der Waals surface area (Å²) in [5, 5.41) is 3.16. The summed E-state index contributed by atoms with van der Waals surface area (Å²) < 4.78 is 38.1. The van der Waals surface area contributed by atoms with Gasteiger partial charge in [0.2, 0.25) is 11.7 Å². The number of rotatable bonds is 15. The van der Waals surface area contributed by atoms with Crippen LogP contribution < -0.4 is 29.0 Å². The van der Waals surface area contributed by atoms with Crippen molar-refractivity contribution in [3.8, 4) is 41.6 Å². The monoisotopic (exact) mass is 725 g/mol. The maximum Gasteiger partial charge on any atom is 0.306 e. The molecule has 52 heavy (non-hydrogen) atoms. The molecule has 2 aromatic carbocycles. The summed E-state index contributed by atoms with van der Waals surface area (Å²) >= 11 is 0. The maximum absolute atomic E-state index is 12.5. The zero-order valence-electron chi connectivity index (χ0n) is 31.8. The molecule has 0 spiro atoms. The molecule has 1 atom stereocenters. The van der Waals surface area contributed by atoms with Crippen molar-refractivity contribution < 1.29 is 42.7 Å². The van der Waals surface area contributed by atoms with Crippen molar-refractivity contribution in [3.63, 3.8) is 0 Å². The Balaban J connectivity index is 0.000000297. The zero-order valence-corrected chi connectivity index (χ0v) is 31.8. The first-order chi connectivity index (χ1) is 25.4. The maximum atomic E-state index is 12.5. The number of terminal acetylenes is 1. The minimum Gasteiger partial charge on any atom is -0.493 e. The van der Waals surface area contributed by atoms with Crippen molar-refractivity contribution in [1.29, 1.82) is 0 Å². The fourth-order valence-corrected chi connectivity index (χ4v) is 6.59. The first-order valence-electron chi connectivity index (χ1n) is 18.2. The zero-order chi connectivity index (χ0) is 37.7. The van der Waals surface area contributed by atoms with Crippen LogP contribution in [0.5, 0.6) is 28.7 Å². The van der Waals surface area contributed by atoms with E-state index in [0.29, 0.717) is 43.0 Å². The van der Waals surface area contributed by atoms with E-state index >= 15 is 0 Å². The quantitative estimate of drug-likeness (QED) is 0.200. The Morgan fingerprint density at radius 3 is 1.94 bits per heavy atom. The number of hydrogen-bond acceptors (Lipinski definition) is 11. The van der Waals surface area contributed by atoms with Gasteiger partial charge < -0.3 is 43.4 Å². The molecule has 0 aromatic heterocycles. The van der Waals surface area contributed by atoms with Crippen LogP contribution in [0.3, 0.4) is 0 Å². The van der Waals surface area contributed by atoms with E-state index in [4.69, 9.17) is 33.2 Å². The van der Waals surface area contributed by atoms with E-state index in [1.54, 1.807) is 35.5 Å². The number of benzene rings is 2. The minimum absolute atomic E-state index is 0.00827. The van der Waals surface area contributed by atoms with Crippen LogP contribution in [-0.4, -0.2) is 115 Å². The molecule has 1 N–H and O–H groups in total. The standard InChI is InChI=1S/C22H33N3O6.C16H24O3.C2H2/c1-28-18-12-16(13-19(29-2)22(18)30-3)15-24-8-10-25(11-9-24)20(26)4-5-21(27)31-17-6-7-23-14-17;1-17-15-9-8-13(12-16(15)18-2)10-11-19-14-6-4-3-5-7-14;1-2/h12-13,17,23H,4-11,14-15H2,1-3H3;8-9,12,14H,3-7,10-11H2,1-2H3;1-2H/t17-;;/m1../s1. The molecule has 0 radical (unpaired) electrons. The molecule has 1 amide bonds. The van der Waals surface area contributed by atoms with Gasteiger partial charge in [0.15, 0.2) is 23.0 Å². The summed E-state index contributed by atoms with van der Waals surface area (Å²) in [4.78, 5) is 28.5. The number of piperazine rings is 1. The Hall–Kier alpha value is -4.18. The van der Waals surface area contributed by atoms with E-state index in [-0.39, 0.29) is 30.8 Å². The molecule has 2 aliphatic heterocycles. The molecule has 12 heteroatoms. The third-order valence-corrected chi connectivity index (χ3v) is 9.46. The number of amides is 1. The highest BCUT2D eigenvalue weighted by atomic mass is 16.5. The van der Waals surface area contributed by atoms with Gasteiger partial charge in [-0.2, -0.15) is 0 Å². The molecule has 2 saturated heterocycles. The largest absolute Gasteiger partial charge is 0.493 e. The molecule has 2 aromatic rings. The van der Waals surface area contributed by atoms with Gasteiger partial charge in [0, 0.05) is 45.7 Å². The van der Waals surface area contributed by atoms with Gasteiger partial charge in [-0.05, 0) is 67.6 Å². The molecule has 288 valence electrons. The molecule has 12 nitrogen and oxygen atoms in total. The third kappa shape index (κ3) is 13.4. The topological polar surface area (TPSA) is 117 Å². The molecule has 5 rings (SSSR count). The molecule has 0 unspecified atom stereocenters. The molecule has 0 bridgehead atoms. The predicted octanol–water partition coefficient (Wildman–Crippen LogP) is 4.89. The second-order valence-electron chi connectivity index (χ2n) is 12.9. The summed E-state index contributed by atoms with van der Waals surface area (Å²) in [6.07, 6.45) is 17.0. The lowest BCUT2D eigenvalue weighted by Crippen LogP contribution is -2.48. The molecule has 2 heterocycles. The number of carbonyl (C=O) groups is 2. The molecular formula is C40H59N3O9. The number of esters is 1. The average molecular weight is 726 g/mol. The SMILES string of the molecule is C#C.COc1cc(CN2CCN(C(=O)CCC(=O)O[C@@H]3CCNC3)CC2)cc(OC)c1OC.COc1ccc(CCOC2CCCCC2)cc1OC. The van der Waals surface area contributed by atoms with Crippen molar-refractivity contribution in [2.24, 2.45) is 0 Å². The fourth-order valence-electron chi connectivity index (χ4n) is 6.59. The number of ether oxygens (including phenoxy) is 7. The second-order valence-corrected chi connectivity index (χ2v) is 12.9. The van der Waals surface area contributed by atoms with Crippen molar-refractivity contribution in [3.05, 3.63) is 41.5 Å². The van der Waals surface area contributed by atoms with Gasteiger partial charge in [-0.1, -0.05) is 25.3 Å². The van der Waals surface area contributed by atoms with E-state index in [1.807, 2.05) is 29.2 Å². The van der Waals surface area contributed by atoms with Crippen LogP contribution in [0.25, 0.3) is 0 Å². The van der Waals surface area contributed by atoms with E-state index in [9.17, 15) is 9.59 Å². The van der Waals surface area contributed by atoms with Crippen molar-refractivity contribution in [2.75, 3.05) is 81.4 Å². The first kappa shape index (κ1) is 42.2. The van der Waals surface area contributed by atoms with Crippen LogP contribution in [0, 0.1) is 12.8 Å². The third-order valence-electron chi connectivity index (χ3n) is 9.46. The fraction of sp³-hybridized carbons (Fsp3) is 0.600. The van der Waals surface area contributed by atoms with Gasteiger partial charge in [0.25, 0.3) is 0 Å². The van der Waals surface area contributed by atoms with E-state index in [0.717, 1.165) is 62.7 Å². The summed E-state index contributed by atoms with van der Waals surface area (Å²) in [6.45, 7) is 5.91. The number of carbonyl (C=O) groups excluding carboxylic acids is 2. The number of nitrogens with one attached hydrogen (secondary N) is 1. The lowest BCUT2D eigenvalue weighted by molar-refractivity contribution is -0.150. The predicted molar refractivity (Wildman–Crippen MR) is 201 cm³/mol. The van der Waals surface area contributed by atoms with Crippen molar-refractivity contribution in [1.82, 2.24) is 15.1 Å². The second kappa shape index (κ2) is 23.4. The first-order valence-corrected chi connectivity index (χ1v) is 18.2. The van der Waals surface area contributed by atoms with Crippen LogP contribution >= 0.6 is 0 Å². The van der Waals surface area contributed by atoms with Crippen LogP contribution in [0.2, 0.25) is 0 Å². The van der Waals surface area contributed by atoms with Gasteiger partial charge in [0.1, 0.15) is 6.10 Å². The summed E-state index contributed by atoms with van der Waals surface area (Å²) in [5.41, 5.74) is 2.28. The number of nitrogens with zero attached hydrogens (tertiary/aromatic N) is 2. The lowest BCUT2D eigenvalue weighted by Gasteiger charge is -2.35. The molecular weight excluding hydrogens is 666 g/mol. The van der Waals surface area contributed by atoms with Gasteiger partial charge in [-0.15, -0.1) is 12.8 Å². The highest BCUT2D eigenvalue weighted by molar-refractivity contribution is 5.81. The lowest BCUT2D eigenvalue weighted by atomic mass is 9.98. The van der Waals surface area contributed by atoms with Crippen LogP contribution in [0.1, 0.15) is 62.5 Å². The summed E-state index contributed by atoms with van der Waals surface area (Å²) in [7, 11) is 8.11. The highest BCUT2D eigenvalue weighted by Gasteiger charge is 2.24. The van der Waals surface area contributed by atoms with Gasteiger partial charge in [-0.25, -0.2) is 0 Å². The van der Waals surface area contributed by atoms with E-state index < -0.39 is 0 Å². The molecule has 1 aliphatic carbocycles. The van der Waals surface area contributed by atoms with Gasteiger partial charge in [-0.3, -0.25) is 14.5 Å².